The molecule has 66 heavy (non-hydrogen) atoms. The number of nitrogens with two attached hydrogens (primary N) is 1. The summed E-state index contributed by atoms with van der Waals surface area (Å²) in [6, 6.07) is 0. The van der Waals surface area contributed by atoms with Crippen LogP contribution in [0.25, 0.3) is 11.2 Å². The van der Waals surface area contributed by atoms with Gasteiger partial charge in [0.15, 0.2) is 22.8 Å². The highest BCUT2D eigenvalue weighted by Gasteiger charge is 2.50. The number of amides is 2. The number of hydrogen-bond donors (Lipinski definition) is 10. The van der Waals surface area contributed by atoms with Gasteiger partial charge in [-0.15, -0.1) is 38.0 Å². The Hall–Kier alpha value is -4.62. The highest BCUT2D eigenvalue weighted by Crippen LogP contribution is 2.61. The number of nitrogens with one attached hydrogen (secondary N) is 2. The molecule has 374 valence electrons. The number of nitrogens with zero attached hydrogens (tertiary/aromatic N) is 4. The predicted molar refractivity (Wildman–Crippen MR) is 239 cm³/mol. The molecule has 1 aliphatic heterocycles. The zero-order valence-corrected chi connectivity index (χ0v) is 38.2. The van der Waals surface area contributed by atoms with Gasteiger partial charge in [0.05, 0.1) is 19.5 Å². The Balaban J connectivity index is -0.00000114. The normalized spacial score (nSPS) is 18.3. The summed E-state index contributed by atoms with van der Waals surface area (Å²) in [4.78, 5) is 105. The van der Waals surface area contributed by atoms with Gasteiger partial charge in [-0.1, -0.05) is 40.5 Å². The molecular weight excluding hydrogens is 963 g/mol. The van der Waals surface area contributed by atoms with E-state index in [4.69, 9.17) is 24.6 Å². The van der Waals surface area contributed by atoms with Crippen LogP contribution in [0.1, 0.15) is 62.1 Å². The number of fused-ring (bicyclic) bond motifs is 1. The molecule has 2 aromatic heterocycles. The number of aliphatic carboxylic acids is 1. The number of phosphoric ester groups is 3. The quantitative estimate of drug-likeness (QED) is 0.0379. The van der Waals surface area contributed by atoms with Crippen molar-refractivity contribution in [3.05, 3.63) is 12.7 Å². The Morgan fingerprint density at radius 3 is 2.02 bits per heavy atom. The van der Waals surface area contributed by atoms with Crippen molar-refractivity contribution in [3.8, 4) is 38.0 Å². The molecule has 3 rings (SSSR count). The van der Waals surface area contributed by atoms with Crippen molar-refractivity contribution < 1.29 is 95.2 Å². The number of ether oxygens (including phenoxy) is 1. The van der Waals surface area contributed by atoms with Gasteiger partial charge < -0.3 is 56.0 Å². The highest BCUT2D eigenvalue weighted by atomic mass is 32.2. The number of hydrogen-bond acceptors (Lipinski definition) is 20. The summed E-state index contributed by atoms with van der Waals surface area (Å²) in [6.07, 6.45) is 13.7. The van der Waals surface area contributed by atoms with Crippen molar-refractivity contribution >= 4 is 80.9 Å². The van der Waals surface area contributed by atoms with E-state index in [1.807, 2.05) is 0 Å². The molecule has 0 radical (unpaired) electrons. The van der Waals surface area contributed by atoms with E-state index in [0.717, 1.165) is 35.9 Å². The van der Waals surface area contributed by atoms with Crippen molar-refractivity contribution in [2.45, 2.75) is 86.5 Å². The SMILES string of the molecule is C.C.C#C.C#C.C#CC.CC(=O)C(=O)O.CC(=O)SCCNC(=O)CCNC(=O)[C@H](O)C(C)(C)COP(=O)(O)OP(=O)(O)OC[C@H]1O[C@@H](n2cnc3c(N)ncnc32)[C@H](O)[C@@H]1OP(=O)(O)O. The lowest BCUT2D eigenvalue weighted by molar-refractivity contribution is -0.148. The number of terminal acetylenes is 3. The van der Waals surface area contributed by atoms with Crippen LogP contribution in [0.15, 0.2) is 12.7 Å². The van der Waals surface area contributed by atoms with E-state index in [2.05, 4.69) is 72.5 Å². The molecular formula is C35H58N7O20P3S. The first kappa shape index (κ1) is 68.0. The highest BCUT2D eigenvalue weighted by molar-refractivity contribution is 8.13. The summed E-state index contributed by atoms with van der Waals surface area (Å²) in [7, 11) is -16.4. The van der Waals surface area contributed by atoms with Crippen molar-refractivity contribution in [2.24, 2.45) is 5.41 Å². The fraction of sp³-hybridized carbons (Fsp3) is 0.543. The van der Waals surface area contributed by atoms with E-state index < -0.39 is 96.3 Å². The first-order valence-corrected chi connectivity index (χ1v) is 22.9. The standard InChI is InChI=1S/C23H38N7O17P3S.C3H4O3.C3H4.2C2H2.2CH4/c1-12(31)51-7-6-25-14(32)4-5-26-21(35)18(34)23(2,3)9-44-50(41,42)47-49(39,40)43-8-13-17(46-48(36,37)38)16(33)22(45-13)30-11-29-15-19(24)27-10-28-20(15)30;1-2(4)3(5)6;1-3-2;2*1-2;;/h10-11,13,16-18,22,33-34H,4-9H2,1-3H3,(H,25,32)(H,26,35)(H,39,40)(H,41,42)(H2,24,27,28)(H2,36,37,38);1H3,(H,5,6);1H,2H3;2*1-2H;2*1H4/t13-,16-,17-,18+,22-;;;;;;/m1....../s1. The first-order valence-electron chi connectivity index (χ1n) is 17.4. The molecule has 2 unspecified atom stereocenters. The molecule has 0 aliphatic carbocycles. The second-order valence-corrected chi connectivity index (χ2v) is 18.1. The fourth-order valence-electron chi connectivity index (χ4n) is 4.32. The summed E-state index contributed by atoms with van der Waals surface area (Å²) in [6.45, 7) is 4.56. The zero-order valence-electron chi connectivity index (χ0n) is 34.7. The number of anilines is 1. The number of imidazole rings is 1. The second-order valence-electron chi connectivity index (χ2n) is 12.6. The second kappa shape index (κ2) is 32.1. The number of carbonyl (C=O) groups excluding carboxylic acids is 4. The molecule has 0 spiro atoms. The van der Waals surface area contributed by atoms with Gasteiger partial charge in [0, 0.05) is 44.5 Å². The van der Waals surface area contributed by atoms with Crippen LogP contribution in [0.2, 0.25) is 0 Å². The molecule has 1 aliphatic rings. The number of phosphoric acid groups is 3. The molecule has 11 N–H and O–H groups in total. The molecule has 0 aromatic carbocycles. The molecule has 1 fully saturated rings. The van der Waals surface area contributed by atoms with Crippen LogP contribution in [0.4, 0.5) is 5.82 Å². The lowest BCUT2D eigenvalue weighted by Crippen LogP contribution is -2.46. The number of rotatable bonds is 20. The number of aliphatic hydroxyl groups is 2. The summed E-state index contributed by atoms with van der Waals surface area (Å²) < 4.78 is 61.8. The third-order valence-electron chi connectivity index (χ3n) is 7.11. The molecule has 27 nitrogen and oxygen atoms in total. The molecule has 0 saturated carbocycles. The Kier molecular flexibility index (Phi) is 33.1. The van der Waals surface area contributed by atoms with Crippen LogP contribution in [-0.2, 0) is 60.3 Å². The van der Waals surface area contributed by atoms with Crippen LogP contribution in [0.5, 0.6) is 0 Å². The Morgan fingerprint density at radius 2 is 1.52 bits per heavy atom. The molecule has 0 bridgehead atoms. The molecule has 31 heteroatoms. The number of nitrogen functional groups attached to an aromatic ring is 1. The van der Waals surface area contributed by atoms with Crippen molar-refractivity contribution in [1.82, 2.24) is 30.2 Å². The van der Waals surface area contributed by atoms with Gasteiger partial charge in [-0.2, -0.15) is 4.31 Å². The number of Topliss-reactive ketones (excluding diaryl/α,β-unsaturated/α-hetero) is 1. The lowest BCUT2D eigenvalue weighted by atomic mass is 9.87. The summed E-state index contributed by atoms with van der Waals surface area (Å²) in [5, 5.41) is 33.7. The van der Waals surface area contributed by atoms with Gasteiger partial charge >= 0.3 is 29.4 Å². The number of carboxylic acids is 1. The van der Waals surface area contributed by atoms with Gasteiger partial charge in [0.2, 0.25) is 17.6 Å². The topological polar surface area (TPSA) is 418 Å². The molecule has 2 amide bonds. The third kappa shape index (κ3) is 25.3. The third-order valence-corrected chi connectivity index (χ3v) is 11.0. The van der Waals surface area contributed by atoms with E-state index in [1.54, 1.807) is 6.92 Å². The van der Waals surface area contributed by atoms with Crippen LogP contribution in [-0.4, -0.2) is 140 Å². The summed E-state index contributed by atoms with van der Waals surface area (Å²) in [5.41, 5.74) is 4.26. The number of ketones is 1. The largest absolute Gasteiger partial charge is 0.481 e. The van der Waals surface area contributed by atoms with Crippen LogP contribution in [0, 0.1) is 43.5 Å². The number of thioether (sulfide) groups is 1. The monoisotopic (exact) mass is 1020 g/mol. The molecule has 7 atom stereocenters. The maximum absolute atomic E-state index is 12.6. The van der Waals surface area contributed by atoms with Crippen molar-refractivity contribution in [3.63, 3.8) is 0 Å². The van der Waals surface area contributed by atoms with Gasteiger partial charge in [-0.25, -0.2) is 33.4 Å². The van der Waals surface area contributed by atoms with Gasteiger partial charge in [-0.05, 0) is 6.92 Å². The van der Waals surface area contributed by atoms with Crippen LogP contribution >= 0.6 is 35.2 Å². The molecule has 1 saturated heterocycles. The Bertz CT molecular complexity index is 2090. The van der Waals surface area contributed by atoms with E-state index in [9.17, 15) is 67.5 Å². The average Bonchev–Trinajstić information content (AvgIpc) is 3.76. The fourth-order valence-corrected chi connectivity index (χ4v) is 7.65. The van der Waals surface area contributed by atoms with E-state index in [-0.39, 0.29) is 56.5 Å². The van der Waals surface area contributed by atoms with Crippen molar-refractivity contribution in [2.75, 3.05) is 37.8 Å². The maximum Gasteiger partial charge on any atom is 0.481 e. The van der Waals surface area contributed by atoms with Gasteiger partial charge in [0.25, 0.3) is 0 Å². The minimum Gasteiger partial charge on any atom is -0.476 e. The van der Waals surface area contributed by atoms with Crippen molar-refractivity contribution in [1.29, 1.82) is 0 Å². The van der Waals surface area contributed by atoms with Gasteiger partial charge in [-0.3, -0.25) is 37.3 Å². The minimum absolute atomic E-state index is 0. The lowest BCUT2D eigenvalue weighted by Gasteiger charge is -2.30. The van der Waals surface area contributed by atoms with E-state index in [0.29, 0.717) is 5.75 Å². The maximum atomic E-state index is 12.6. The number of aromatic nitrogens is 4. The zero-order chi connectivity index (χ0) is 50.2. The minimum atomic E-state index is -5.56. The Labute approximate surface area is 385 Å². The number of carbonyl (C=O) groups is 5. The first-order chi connectivity index (χ1) is 29.6. The number of aliphatic hydroxyl groups excluding tert-OH is 2. The molecule has 2 aromatic rings. The summed E-state index contributed by atoms with van der Waals surface area (Å²) in [5.74, 6) is -1.04. The number of carboxylic acid groups (broad SMARTS) is 1. The smallest absolute Gasteiger partial charge is 0.476 e. The Morgan fingerprint density at radius 1 is 0.985 bits per heavy atom. The van der Waals surface area contributed by atoms with E-state index >= 15 is 0 Å². The van der Waals surface area contributed by atoms with Crippen LogP contribution in [0.3, 0.4) is 0 Å². The predicted octanol–water partition coefficient (Wildman–Crippen LogP) is 0.755. The van der Waals surface area contributed by atoms with Gasteiger partial charge in [0.1, 0.15) is 36.3 Å². The van der Waals surface area contributed by atoms with Crippen LogP contribution < -0.4 is 16.4 Å². The molecule has 3 heterocycles. The van der Waals surface area contributed by atoms with E-state index in [1.165, 1.54) is 20.8 Å². The average molecular weight is 1020 g/mol. The summed E-state index contributed by atoms with van der Waals surface area (Å²) >= 11 is 1.03.